The van der Waals surface area contributed by atoms with Gasteiger partial charge in [0, 0.05) is 17.1 Å². The molecule has 2 rings (SSSR count). The summed E-state index contributed by atoms with van der Waals surface area (Å²) >= 11 is 7.00. The molecule has 0 bridgehead atoms. The first-order valence-electron chi connectivity index (χ1n) is 6.93. The van der Waals surface area contributed by atoms with E-state index in [0.29, 0.717) is 22.5 Å². The Balaban J connectivity index is 1.97. The van der Waals surface area contributed by atoms with Crippen LogP contribution in [-0.4, -0.2) is 38.9 Å². The number of nitrogens with one attached hydrogen (secondary N) is 3. The van der Waals surface area contributed by atoms with E-state index in [-0.39, 0.29) is 0 Å². The molecule has 7 nitrogen and oxygen atoms in total. The Hall–Kier alpha value is -2.06. The highest BCUT2D eigenvalue weighted by molar-refractivity contribution is 8.00. The highest BCUT2D eigenvalue weighted by Crippen LogP contribution is 2.23. The van der Waals surface area contributed by atoms with Crippen molar-refractivity contribution in [3.05, 3.63) is 29.3 Å². The maximum Gasteiger partial charge on any atom is 0.321 e. The number of carbonyl (C=O) groups is 2. The number of rotatable bonds is 5. The van der Waals surface area contributed by atoms with E-state index in [1.807, 2.05) is 12.1 Å². The monoisotopic (exact) mass is 353 g/mol. The van der Waals surface area contributed by atoms with Gasteiger partial charge in [0.15, 0.2) is 5.82 Å². The molecule has 122 valence electrons. The second-order valence-corrected chi connectivity index (χ2v) is 6.33. The maximum atomic E-state index is 11.9. The number of aromatic amines is 1. The van der Waals surface area contributed by atoms with Crippen molar-refractivity contribution < 1.29 is 9.59 Å². The molecule has 0 fully saturated rings. The van der Waals surface area contributed by atoms with Crippen LogP contribution in [0.1, 0.15) is 13.8 Å². The number of hydrogen-bond acceptors (Lipinski definition) is 5. The number of halogens is 1. The number of carbonyl (C=O) groups excluding carboxylic acids is 2. The summed E-state index contributed by atoms with van der Waals surface area (Å²) in [5, 5.41) is 12.2. The topological polar surface area (TPSA) is 99.8 Å². The van der Waals surface area contributed by atoms with E-state index in [1.54, 1.807) is 26.0 Å². The van der Waals surface area contributed by atoms with E-state index in [0.717, 1.165) is 17.3 Å². The smallest absolute Gasteiger partial charge is 0.321 e. The first-order chi connectivity index (χ1) is 11.0. The molecule has 0 aliphatic heterocycles. The zero-order chi connectivity index (χ0) is 16.8. The zero-order valence-corrected chi connectivity index (χ0v) is 14.2. The van der Waals surface area contributed by atoms with Crippen molar-refractivity contribution >= 4 is 35.3 Å². The standard InChI is InChI=1S/C14H16ClN5O2S/c1-3-16-13(22)18-12(21)8(2)23-14-17-11(19-20-14)9-4-6-10(15)7-5-9/h4-8H,3H2,1-2H3,(H,17,19,20)(H2,16,18,21,22). The van der Waals surface area contributed by atoms with Crippen molar-refractivity contribution in [3.63, 3.8) is 0 Å². The van der Waals surface area contributed by atoms with Crippen molar-refractivity contribution in [1.82, 2.24) is 25.8 Å². The number of imide groups is 1. The quantitative estimate of drug-likeness (QED) is 0.717. The van der Waals surface area contributed by atoms with Gasteiger partial charge in [-0.3, -0.25) is 15.2 Å². The summed E-state index contributed by atoms with van der Waals surface area (Å²) in [6, 6.07) is 6.65. The summed E-state index contributed by atoms with van der Waals surface area (Å²) in [5.41, 5.74) is 0.841. The van der Waals surface area contributed by atoms with E-state index < -0.39 is 17.2 Å². The van der Waals surface area contributed by atoms with Gasteiger partial charge in [0.2, 0.25) is 11.1 Å². The van der Waals surface area contributed by atoms with Crippen LogP contribution in [0, 0.1) is 0 Å². The summed E-state index contributed by atoms with van der Waals surface area (Å²) in [4.78, 5) is 27.5. The third-order valence-corrected chi connectivity index (χ3v) is 4.02. The average molecular weight is 354 g/mol. The number of thioether (sulfide) groups is 1. The molecule has 3 amide bonds. The third-order valence-electron chi connectivity index (χ3n) is 2.81. The second kappa shape index (κ2) is 7.98. The number of urea groups is 1. The number of benzene rings is 1. The molecule has 1 unspecified atom stereocenters. The van der Waals surface area contributed by atoms with Gasteiger partial charge in [-0.1, -0.05) is 23.4 Å². The molecule has 1 heterocycles. The SMILES string of the molecule is CCNC(=O)NC(=O)C(C)Sc1n[nH]c(-c2ccc(Cl)cc2)n1. The van der Waals surface area contributed by atoms with Gasteiger partial charge in [-0.15, -0.1) is 5.10 Å². The minimum absolute atomic E-state index is 0.404. The number of hydrogen-bond donors (Lipinski definition) is 3. The molecule has 3 N–H and O–H groups in total. The van der Waals surface area contributed by atoms with E-state index in [1.165, 1.54) is 0 Å². The van der Waals surface area contributed by atoms with E-state index in [2.05, 4.69) is 25.8 Å². The van der Waals surface area contributed by atoms with Crippen LogP contribution < -0.4 is 10.6 Å². The van der Waals surface area contributed by atoms with Crippen molar-refractivity contribution in [2.45, 2.75) is 24.3 Å². The van der Waals surface area contributed by atoms with Crippen molar-refractivity contribution in [1.29, 1.82) is 0 Å². The number of H-pyrrole nitrogens is 1. The van der Waals surface area contributed by atoms with Crippen LogP contribution in [0.5, 0.6) is 0 Å². The molecular formula is C14H16ClN5O2S. The van der Waals surface area contributed by atoms with Gasteiger partial charge in [0.05, 0.1) is 5.25 Å². The molecule has 0 aliphatic rings. The summed E-state index contributed by atoms with van der Waals surface area (Å²) < 4.78 is 0. The van der Waals surface area contributed by atoms with Gasteiger partial charge in [-0.05, 0) is 38.1 Å². The van der Waals surface area contributed by atoms with Crippen LogP contribution in [0.25, 0.3) is 11.4 Å². The Labute approximate surface area is 142 Å². The first kappa shape index (κ1) is 17.3. The lowest BCUT2D eigenvalue weighted by Gasteiger charge is -2.09. The van der Waals surface area contributed by atoms with Gasteiger partial charge in [-0.25, -0.2) is 9.78 Å². The lowest BCUT2D eigenvalue weighted by Crippen LogP contribution is -2.42. The molecule has 0 aliphatic carbocycles. The Bertz CT molecular complexity index is 689. The summed E-state index contributed by atoms with van der Waals surface area (Å²) in [7, 11) is 0. The predicted octanol–water partition coefficient (Wildman–Crippen LogP) is 2.45. The summed E-state index contributed by atoms with van der Waals surface area (Å²) in [6.45, 7) is 3.90. The second-order valence-electron chi connectivity index (χ2n) is 4.58. The first-order valence-corrected chi connectivity index (χ1v) is 8.19. The molecule has 1 aromatic heterocycles. The predicted molar refractivity (Wildman–Crippen MR) is 89.4 cm³/mol. The van der Waals surface area contributed by atoms with Gasteiger partial charge < -0.3 is 5.32 Å². The highest BCUT2D eigenvalue weighted by atomic mass is 35.5. The van der Waals surface area contributed by atoms with Crippen molar-refractivity contribution in [3.8, 4) is 11.4 Å². The number of nitrogens with zero attached hydrogens (tertiary/aromatic N) is 2. The fraction of sp³-hybridized carbons (Fsp3) is 0.286. The van der Waals surface area contributed by atoms with Crippen molar-refractivity contribution in [2.24, 2.45) is 0 Å². The van der Waals surface area contributed by atoms with Crippen LogP contribution in [0.15, 0.2) is 29.4 Å². The molecule has 0 radical (unpaired) electrons. The molecule has 1 aromatic carbocycles. The molecule has 23 heavy (non-hydrogen) atoms. The largest absolute Gasteiger partial charge is 0.338 e. The molecule has 1 atom stereocenters. The minimum atomic E-state index is -0.512. The molecule has 0 spiro atoms. The van der Waals surface area contributed by atoms with Crippen LogP contribution in [0.3, 0.4) is 0 Å². The minimum Gasteiger partial charge on any atom is -0.338 e. The maximum absolute atomic E-state index is 11.9. The lowest BCUT2D eigenvalue weighted by molar-refractivity contribution is -0.119. The molecule has 0 saturated carbocycles. The third kappa shape index (κ3) is 4.97. The van der Waals surface area contributed by atoms with Crippen LogP contribution in [-0.2, 0) is 4.79 Å². The van der Waals surface area contributed by atoms with Crippen molar-refractivity contribution in [2.75, 3.05) is 6.54 Å². The lowest BCUT2D eigenvalue weighted by atomic mass is 10.2. The summed E-state index contributed by atoms with van der Waals surface area (Å²) in [5.74, 6) is 0.180. The van der Waals surface area contributed by atoms with Crippen LogP contribution in [0.2, 0.25) is 5.02 Å². The Morgan fingerprint density at radius 2 is 2.04 bits per heavy atom. The Kier molecular flexibility index (Phi) is 6.00. The Morgan fingerprint density at radius 1 is 1.35 bits per heavy atom. The summed E-state index contributed by atoms with van der Waals surface area (Å²) in [6.07, 6.45) is 0. The molecular weight excluding hydrogens is 338 g/mol. The fourth-order valence-corrected chi connectivity index (χ4v) is 2.52. The van der Waals surface area contributed by atoms with E-state index >= 15 is 0 Å². The van der Waals surface area contributed by atoms with Gasteiger partial charge >= 0.3 is 6.03 Å². The van der Waals surface area contributed by atoms with Crippen LogP contribution >= 0.6 is 23.4 Å². The Morgan fingerprint density at radius 3 is 2.70 bits per heavy atom. The molecule has 9 heteroatoms. The molecule has 0 saturated heterocycles. The normalized spacial score (nSPS) is 11.8. The zero-order valence-electron chi connectivity index (χ0n) is 12.6. The van der Waals surface area contributed by atoms with Gasteiger partial charge in [0.1, 0.15) is 0 Å². The van der Waals surface area contributed by atoms with E-state index in [9.17, 15) is 9.59 Å². The van der Waals surface area contributed by atoms with E-state index in [4.69, 9.17) is 11.6 Å². The molecule has 2 aromatic rings. The number of amides is 3. The van der Waals surface area contributed by atoms with Gasteiger partial charge in [0.25, 0.3) is 0 Å². The fourth-order valence-electron chi connectivity index (χ4n) is 1.67. The number of aromatic nitrogens is 3. The van der Waals surface area contributed by atoms with Crippen LogP contribution in [0.4, 0.5) is 4.79 Å². The van der Waals surface area contributed by atoms with Gasteiger partial charge in [-0.2, -0.15) is 0 Å². The highest BCUT2D eigenvalue weighted by Gasteiger charge is 2.19. The average Bonchev–Trinajstić information content (AvgIpc) is 2.96.